The van der Waals surface area contributed by atoms with Crippen molar-refractivity contribution in [3.05, 3.63) is 17.5 Å². The van der Waals surface area contributed by atoms with Crippen LogP contribution in [-0.4, -0.2) is 32.4 Å². The van der Waals surface area contributed by atoms with Gasteiger partial charge in [-0.15, -0.1) is 0 Å². The lowest BCUT2D eigenvalue weighted by Crippen LogP contribution is -2.42. The van der Waals surface area contributed by atoms with Gasteiger partial charge in [0.1, 0.15) is 17.1 Å². The predicted octanol–water partition coefficient (Wildman–Crippen LogP) is 2.86. The summed E-state index contributed by atoms with van der Waals surface area (Å²) in [5.74, 6) is 1.05. The van der Waals surface area contributed by atoms with E-state index in [1.165, 1.54) is 0 Å². The van der Waals surface area contributed by atoms with Crippen molar-refractivity contribution < 1.29 is 17.9 Å². The van der Waals surface area contributed by atoms with Crippen LogP contribution in [0.5, 0.6) is 5.75 Å². The third kappa shape index (κ3) is 2.75. The molecule has 0 radical (unpaired) electrons. The molecule has 1 aliphatic carbocycles. The number of hydrogen-bond acceptors (Lipinski definition) is 6. The zero-order valence-corrected chi connectivity index (χ0v) is 13.7. The average Bonchev–Trinajstić information content (AvgIpc) is 2.76. The first kappa shape index (κ1) is 16.0. The van der Waals surface area contributed by atoms with Gasteiger partial charge >= 0.3 is 6.18 Å². The molecule has 1 unspecified atom stereocenters. The summed E-state index contributed by atoms with van der Waals surface area (Å²) in [6.07, 6.45) is -2.06. The topological polar surface area (TPSA) is 76.9 Å². The minimum atomic E-state index is -4.52. The Bertz CT molecular complexity index is 818. The molecule has 1 fully saturated rings. The number of anilines is 3. The van der Waals surface area contributed by atoms with Gasteiger partial charge in [-0.1, -0.05) is 0 Å². The smallest absolute Gasteiger partial charge is 0.421 e. The van der Waals surface area contributed by atoms with Gasteiger partial charge in [-0.3, -0.25) is 0 Å². The number of ether oxygens (including phenoxy) is 1. The lowest BCUT2D eigenvalue weighted by atomic mass is 9.80. The maximum Gasteiger partial charge on any atom is 0.421 e. The lowest BCUT2D eigenvalue weighted by molar-refractivity contribution is -0.137. The Morgan fingerprint density at radius 2 is 2.12 bits per heavy atom. The molecular weight excluding hydrogens is 337 g/mol. The molecule has 2 bridgehead atoms. The van der Waals surface area contributed by atoms with Crippen LogP contribution in [-0.2, 0) is 13.2 Å². The zero-order valence-electron chi connectivity index (χ0n) is 13.7. The Balaban J connectivity index is 1.81. The van der Waals surface area contributed by atoms with Crippen LogP contribution in [0.1, 0.15) is 24.1 Å². The molecule has 25 heavy (non-hydrogen) atoms. The Morgan fingerprint density at radius 1 is 1.32 bits per heavy atom. The summed E-state index contributed by atoms with van der Waals surface area (Å²) in [4.78, 5) is 7.87. The number of nitrogens with zero attached hydrogens (tertiary/aromatic N) is 4. The molecule has 4 rings (SSSR count). The highest BCUT2D eigenvalue weighted by atomic mass is 19.4. The van der Waals surface area contributed by atoms with E-state index < -0.39 is 11.7 Å². The minimum Gasteiger partial charge on any atom is -0.487 e. The van der Waals surface area contributed by atoms with Crippen molar-refractivity contribution in [1.82, 2.24) is 19.7 Å². The van der Waals surface area contributed by atoms with Crippen LogP contribution in [0, 0.1) is 12.8 Å². The SMILES string of the molecule is Cc1nn(C)c2c1OCC1CC[C@H]1Nc1nc(ncc1C(F)(F)F)N2. The minimum absolute atomic E-state index is 0.0566. The van der Waals surface area contributed by atoms with Crippen molar-refractivity contribution in [3.63, 3.8) is 0 Å². The number of hydrogen-bond donors (Lipinski definition) is 2. The van der Waals surface area contributed by atoms with Gasteiger partial charge in [0.2, 0.25) is 5.95 Å². The summed E-state index contributed by atoms with van der Waals surface area (Å²) in [6.45, 7) is 2.22. The molecule has 2 N–H and O–H groups in total. The second-order valence-corrected chi connectivity index (χ2v) is 6.36. The molecule has 134 valence electrons. The van der Waals surface area contributed by atoms with E-state index in [4.69, 9.17) is 4.74 Å². The fourth-order valence-corrected chi connectivity index (χ4v) is 3.14. The first-order valence-electron chi connectivity index (χ1n) is 7.97. The van der Waals surface area contributed by atoms with Crippen molar-refractivity contribution in [2.45, 2.75) is 32.0 Å². The van der Waals surface area contributed by atoms with Crippen LogP contribution >= 0.6 is 0 Å². The molecule has 0 amide bonds. The van der Waals surface area contributed by atoms with Gasteiger partial charge in [0.05, 0.1) is 6.61 Å². The molecule has 2 aromatic rings. The van der Waals surface area contributed by atoms with Gasteiger partial charge < -0.3 is 15.4 Å². The first-order valence-corrected chi connectivity index (χ1v) is 7.97. The van der Waals surface area contributed by atoms with Crippen molar-refractivity contribution in [3.8, 4) is 5.75 Å². The normalized spacial score (nSPS) is 22.3. The van der Waals surface area contributed by atoms with Crippen molar-refractivity contribution >= 4 is 17.6 Å². The quantitative estimate of drug-likeness (QED) is 0.758. The molecule has 1 aliphatic heterocycles. The van der Waals surface area contributed by atoms with E-state index in [1.54, 1.807) is 11.7 Å². The molecule has 10 heteroatoms. The number of aromatic nitrogens is 4. The first-order chi connectivity index (χ1) is 11.8. The Labute approximate surface area is 141 Å². The molecule has 3 heterocycles. The number of fused-ring (bicyclic) bond motifs is 4. The van der Waals surface area contributed by atoms with Crippen LogP contribution in [0.25, 0.3) is 0 Å². The van der Waals surface area contributed by atoms with E-state index in [2.05, 4.69) is 25.7 Å². The second kappa shape index (κ2) is 5.50. The van der Waals surface area contributed by atoms with E-state index in [9.17, 15) is 13.2 Å². The molecule has 1 saturated carbocycles. The molecular formula is C15H17F3N6O. The number of rotatable bonds is 0. The second-order valence-electron chi connectivity index (χ2n) is 6.36. The summed E-state index contributed by atoms with van der Waals surface area (Å²) in [6, 6.07) is -0.109. The molecule has 2 aliphatic rings. The monoisotopic (exact) mass is 354 g/mol. The highest BCUT2D eigenvalue weighted by molar-refractivity contribution is 5.62. The standard InChI is InChI=1S/C15H17F3N6O/c1-7-11-13(24(2)23-7)22-14-19-5-9(15(16,17)18)12(21-14)20-10-4-3-8(10)6-25-11/h5,8,10H,3-4,6H2,1-2H3,(H2,19,20,21,22)/t8?,10-/m1/s1. The van der Waals surface area contributed by atoms with Gasteiger partial charge in [0, 0.05) is 25.2 Å². The van der Waals surface area contributed by atoms with Crippen LogP contribution in [0.3, 0.4) is 0 Å². The fourth-order valence-electron chi connectivity index (χ4n) is 3.14. The lowest BCUT2D eigenvalue weighted by Gasteiger charge is -2.37. The zero-order chi connectivity index (χ0) is 17.8. The van der Waals surface area contributed by atoms with E-state index in [1.807, 2.05) is 6.92 Å². The third-order valence-corrected chi connectivity index (χ3v) is 4.67. The summed E-state index contributed by atoms with van der Waals surface area (Å²) in [5, 5.41) is 10.1. The fraction of sp³-hybridized carbons (Fsp3) is 0.533. The maximum atomic E-state index is 13.3. The molecule has 0 saturated heterocycles. The van der Waals surface area contributed by atoms with Gasteiger partial charge in [0.15, 0.2) is 11.6 Å². The van der Waals surface area contributed by atoms with Gasteiger partial charge in [-0.05, 0) is 19.8 Å². The summed E-state index contributed by atoms with van der Waals surface area (Å²) < 4.78 is 47.3. The van der Waals surface area contributed by atoms with Crippen LogP contribution < -0.4 is 15.4 Å². The summed E-state index contributed by atoms with van der Waals surface area (Å²) >= 11 is 0. The van der Waals surface area contributed by atoms with Crippen molar-refractivity contribution in [2.24, 2.45) is 13.0 Å². The number of alkyl halides is 3. The Kier molecular flexibility index (Phi) is 3.51. The van der Waals surface area contributed by atoms with E-state index in [-0.39, 0.29) is 23.7 Å². The van der Waals surface area contributed by atoms with Gasteiger partial charge in [-0.25, -0.2) is 9.67 Å². The van der Waals surface area contributed by atoms with Crippen LogP contribution in [0.4, 0.5) is 30.8 Å². The van der Waals surface area contributed by atoms with E-state index >= 15 is 0 Å². The van der Waals surface area contributed by atoms with Crippen LogP contribution in [0.2, 0.25) is 0 Å². The third-order valence-electron chi connectivity index (χ3n) is 4.67. The van der Waals surface area contributed by atoms with Crippen molar-refractivity contribution in [1.29, 1.82) is 0 Å². The largest absolute Gasteiger partial charge is 0.487 e. The maximum absolute atomic E-state index is 13.3. The van der Waals surface area contributed by atoms with Gasteiger partial charge in [0.25, 0.3) is 0 Å². The van der Waals surface area contributed by atoms with Crippen LogP contribution in [0.15, 0.2) is 6.20 Å². The predicted molar refractivity (Wildman–Crippen MR) is 83.9 cm³/mol. The number of halogens is 3. The van der Waals surface area contributed by atoms with Gasteiger partial charge in [-0.2, -0.15) is 23.3 Å². The van der Waals surface area contributed by atoms with E-state index in [0.29, 0.717) is 23.9 Å². The van der Waals surface area contributed by atoms with E-state index in [0.717, 1.165) is 19.0 Å². The highest BCUT2D eigenvalue weighted by Gasteiger charge is 2.39. The number of nitrogens with one attached hydrogen (secondary N) is 2. The number of aryl methyl sites for hydroxylation is 2. The molecule has 0 aromatic carbocycles. The van der Waals surface area contributed by atoms with Crippen molar-refractivity contribution in [2.75, 3.05) is 17.2 Å². The highest BCUT2D eigenvalue weighted by Crippen LogP contribution is 2.39. The summed E-state index contributed by atoms with van der Waals surface area (Å²) in [5.41, 5.74) is -0.175. The summed E-state index contributed by atoms with van der Waals surface area (Å²) in [7, 11) is 1.72. The molecule has 2 atom stereocenters. The molecule has 0 spiro atoms. The average molecular weight is 354 g/mol. The Morgan fingerprint density at radius 3 is 2.80 bits per heavy atom. The molecule has 7 nitrogen and oxygen atoms in total. The Hall–Kier alpha value is -2.52. The molecule has 2 aromatic heterocycles.